The molecular weight excluding hydrogens is 268 g/mol. The maximum absolute atomic E-state index is 13.1. The van der Waals surface area contributed by atoms with Crippen molar-refractivity contribution >= 4 is 11.9 Å². The van der Waals surface area contributed by atoms with Gasteiger partial charge in [-0.15, -0.1) is 0 Å². The molecule has 1 saturated heterocycles. The minimum Gasteiger partial charge on any atom is -0.481 e. The third-order valence-electron chi connectivity index (χ3n) is 3.62. The fourth-order valence-corrected chi connectivity index (χ4v) is 2.56. The largest absolute Gasteiger partial charge is 0.481 e. The monoisotopic (exact) mass is 283 g/mol. The van der Waals surface area contributed by atoms with Gasteiger partial charge in [0.1, 0.15) is 11.6 Å². The van der Waals surface area contributed by atoms with Gasteiger partial charge >= 0.3 is 5.97 Å². The number of likely N-dealkylation sites (tertiary alicyclic amines) is 1. The Morgan fingerprint density at radius 2 is 1.85 bits per heavy atom. The summed E-state index contributed by atoms with van der Waals surface area (Å²) < 4.78 is 26.2. The van der Waals surface area contributed by atoms with E-state index in [1.165, 1.54) is 4.90 Å². The van der Waals surface area contributed by atoms with Crippen molar-refractivity contribution in [3.63, 3.8) is 0 Å². The molecule has 0 bridgehead atoms. The maximum Gasteiger partial charge on any atom is 0.306 e. The second kappa shape index (κ2) is 5.56. The smallest absolute Gasteiger partial charge is 0.306 e. The molecule has 20 heavy (non-hydrogen) atoms. The summed E-state index contributed by atoms with van der Waals surface area (Å²) in [5.74, 6) is -3.63. The topological polar surface area (TPSA) is 57.6 Å². The number of hydrogen-bond donors (Lipinski definition) is 1. The Bertz CT molecular complexity index is 527. The molecule has 1 amide bonds. The summed E-state index contributed by atoms with van der Waals surface area (Å²) in [6.07, 6.45) is 0.347. The van der Waals surface area contributed by atoms with Gasteiger partial charge in [0, 0.05) is 24.7 Å². The van der Waals surface area contributed by atoms with Crippen LogP contribution in [-0.2, 0) is 4.79 Å². The number of aliphatic carboxylic acids is 1. The van der Waals surface area contributed by atoms with Crippen LogP contribution in [-0.4, -0.2) is 35.0 Å². The fraction of sp³-hybridized carbons (Fsp3) is 0.429. The van der Waals surface area contributed by atoms with Crippen LogP contribution in [0.1, 0.15) is 23.7 Å². The quantitative estimate of drug-likeness (QED) is 0.904. The van der Waals surface area contributed by atoms with E-state index in [2.05, 4.69) is 0 Å². The lowest BCUT2D eigenvalue weighted by atomic mass is 9.87. The zero-order chi connectivity index (χ0) is 14.9. The Hall–Kier alpha value is -1.98. The van der Waals surface area contributed by atoms with Crippen molar-refractivity contribution in [2.24, 2.45) is 11.8 Å². The van der Waals surface area contributed by atoms with Crippen LogP contribution in [0.3, 0.4) is 0 Å². The molecule has 0 spiro atoms. The van der Waals surface area contributed by atoms with E-state index in [1.54, 1.807) is 6.92 Å². The van der Waals surface area contributed by atoms with Crippen molar-refractivity contribution in [3.8, 4) is 0 Å². The first-order valence-corrected chi connectivity index (χ1v) is 6.36. The molecule has 0 aromatic heterocycles. The molecular formula is C14H15F2NO3. The van der Waals surface area contributed by atoms with Crippen LogP contribution in [0, 0.1) is 23.5 Å². The number of carbonyl (C=O) groups is 2. The molecule has 1 aromatic rings. The molecule has 1 aliphatic heterocycles. The summed E-state index contributed by atoms with van der Waals surface area (Å²) in [7, 11) is 0. The lowest BCUT2D eigenvalue weighted by Crippen LogP contribution is -2.45. The van der Waals surface area contributed by atoms with Gasteiger partial charge in [-0.3, -0.25) is 9.59 Å². The van der Waals surface area contributed by atoms with Gasteiger partial charge in [0.2, 0.25) is 0 Å². The highest BCUT2D eigenvalue weighted by Gasteiger charge is 2.33. The molecule has 2 unspecified atom stereocenters. The molecule has 0 aliphatic carbocycles. The van der Waals surface area contributed by atoms with Gasteiger partial charge in [0.15, 0.2) is 0 Å². The molecule has 0 saturated carbocycles. The van der Waals surface area contributed by atoms with Crippen LogP contribution in [0.2, 0.25) is 0 Å². The average molecular weight is 283 g/mol. The average Bonchev–Trinajstić information content (AvgIpc) is 2.36. The van der Waals surface area contributed by atoms with E-state index >= 15 is 0 Å². The highest BCUT2D eigenvalue weighted by atomic mass is 19.1. The van der Waals surface area contributed by atoms with Crippen LogP contribution in [0.4, 0.5) is 8.78 Å². The second-order valence-corrected chi connectivity index (χ2v) is 5.12. The van der Waals surface area contributed by atoms with Crippen LogP contribution in [0.25, 0.3) is 0 Å². The molecule has 1 aliphatic rings. The number of piperidine rings is 1. The molecule has 2 rings (SSSR count). The molecule has 6 heteroatoms. The molecule has 4 nitrogen and oxygen atoms in total. The predicted octanol–water partition coefficient (Wildman–Crippen LogP) is 2.15. The van der Waals surface area contributed by atoms with E-state index in [4.69, 9.17) is 5.11 Å². The van der Waals surface area contributed by atoms with Crippen LogP contribution >= 0.6 is 0 Å². The van der Waals surface area contributed by atoms with Crippen molar-refractivity contribution < 1.29 is 23.5 Å². The number of halogens is 2. The van der Waals surface area contributed by atoms with Gasteiger partial charge in [0.05, 0.1) is 5.92 Å². The van der Waals surface area contributed by atoms with Gasteiger partial charge in [-0.05, 0) is 24.5 Å². The summed E-state index contributed by atoms with van der Waals surface area (Å²) in [5, 5.41) is 9.02. The van der Waals surface area contributed by atoms with Gasteiger partial charge in [-0.2, -0.15) is 0 Å². The summed E-state index contributed by atoms with van der Waals surface area (Å²) in [6.45, 7) is 2.30. The van der Waals surface area contributed by atoms with E-state index in [9.17, 15) is 18.4 Å². The zero-order valence-corrected chi connectivity index (χ0v) is 11.0. The minimum atomic E-state index is -0.874. The number of nitrogens with zero attached hydrogens (tertiary/aromatic N) is 1. The third kappa shape index (κ3) is 2.95. The first-order chi connectivity index (χ1) is 9.38. The normalized spacial score (nSPS) is 22.6. The maximum atomic E-state index is 13.1. The molecule has 0 radical (unpaired) electrons. The van der Waals surface area contributed by atoms with Crippen molar-refractivity contribution in [1.29, 1.82) is 0 Å². The predicted molar refractivity (Wildman–Crippen MR) is 67.2 cm³/mol. The molecule has 108 valence electrons. The van der Waals surface area contributed by atoms with Crippen molar-refractivity contribution in [2.75, 3.05) is 13.1 Å². The number of hydrogen-bond acceptors (Lipinski definition) is 2. The van der Waals surface area contributed by atoms with Crippen molar-refractivity contribution in [3.05, 3.63) is 35.4 Å². The summed E-state index contributed by atoms with van der Waals surface area (Å²) >= 11 is 0. The molecule has 1 fully saturated rings. The van der Waals surface area contributed by atoms with E-state index in [1.807, 2.05) is 0 Å². The van der Waals surface area contributed by atoms with E-state index < -0.39 is 29.4 Å². The Morgan fingerprint density at radius 3 is 2.35 bits per heavy atom. The van der Waals surface area contributed by atoms with Gasteiger partial charge < -0.3 is 10.0 Å². The molecule has 1 aromatic carbocycles. The zero-order valence-electron chi connectivity index (χ0n) is 11.0. The van der Waals surface area contributed by atoms with Crippen molar-refractivity contribution in [1.82, 2.24) is 4.90 Å². The highest BCUT2D eigenvalue weighted by Crippen LogP contribution is 2.25. The van der Waals surface area contributed by atoms with Crippen molar-refractivity contribution in [2.45, 2.75) is 13.3 Å². The first kappa shape index (κ1) is 14.4. The van der Waals surface area contributed by atoms with Gasteiger partial charge in [-0.1, -0.05) is 6.92 Å². The van der Waals surface area contributed by atoms with E-state index in [0.717, 1.165) is 12.1 Å². The van der Waals surface area contributed by atoms with Crippen LogP contribution in [0.15, 0.2) is 18.2 Å². The lowest BCUT2D eigenvalue weighted by molar-refractivity contribution is -0.145. The number of amides is 1. The Balaban J connectivity index is 2.13. The van der Waals surface area contributed by atoms with Gasteiger partial charge in [-0.25, -0.2) is 8.78 Å². The molecule has 2 atom stereocenters. The Morgan fingerprint density at radius 1 is 1.25 bits per heavy atom. The van der Waals surface area contributed by atoms with Crippen LogP contribution < -0.4 is 0 Å². The Kier molecular flexibility index (Phi) is 4.01. The van der Waals surface area contributed by atoms with E-state index in [-0.39, 0.29) is 24.6 Å². The third-order valence-corrected chi connectivity index (χ3v) is 3.62. The Labute approximate surface area is 115 Å². The minimum absolute atomic E-state index is 0.0523. The van der Waals surface area contributed by atoms with Gasteiger partial charge in [0.25, 0.3) is 5.91 Å². The van der Waals surface area contributed by atoms with Crippen LogP contribution in [0.5, 0.6) is 0 Å². The highest BCUT2D eigenvalue weighted by molar-refractivity contribution is 5.94. The standard InChI is InChI=1S/C14H15F2NO3/c1-8-7-17(3-2-12(8)14(19)20)13(18)9-4-10(15)6-11(16)5-9/h4-6,8,12H,2-3,7H2,1H3,(H,19,20). The van der Waals surface area contributed by atoms with E-state index in [0.29, 0.717) is 12.5 Å². The fourth-order valence-electron chi connectivity index (χ4n) is 2.56. The lowest BCUT2D eigenvalue weighted by Gasteiger charge is -2.35. The summed E-state index contributed by atoms with van der Waals surface area (Å²) in [6, 6.07) is 2.68. The molecule has 1 heterocycles. The summed E-state index contributed by atoms with van der Waals surface area (Å²) in [4.78, 5) is 24.6. The SMILES string of the molecule is CC1CN(C(=O)c2cc(F)cc(F)c2)CCC1C(=O)O. The second-order valence-electron chi connectivity index (χ2n) is 5.12. The number of carboxylic acids is 1. The molecule has 1 N–H and O–H groups in total. The number of carboxylic acid groups (broad SMARTS) is 1. The number of carbonyl (C=O) groups excluding carboxylic acids is 1. The number of rotatable bonds is 2. The summed E-state index contributed by atoms with van der Waals surface area (Å²) in [5.41, 5.74) is -0.0523. The number of benzene rings is 1. The first-order valence-electron chi connectivity index (χ1n) is 6.36.